The smallest absolute Gasteiger partial charge is 0.118 e. The fraction of sp³-hybridized carbons (Fsp3) is 0.429. The van der Waals surface area contributed by atoms with Crippen LogP contribution in [-0.2, 0) is 0 Å². The molecule has 0 saturated carbocycles. The number of allylic oxidation sites excluding steroid dienone is 1. The molecular formula is C14H21NO. The molecule has 1 N–H and O–H groups in total. The van der Waals surface area contributed by atoms with E-state index in [1.165, 1.54) is 11.1 Å². The molecule has 88 valence electrons. The Kier molecular flexibility index (Phi) is 5.65. The van der Waals surface area contributed by atoms with Gasteiger partial charge in [-0.05, 0) is 49.7 Å². The van der Waals surface area contributed by atoms with E-state index in [2.05, 4.69) is 37.4 Å². The third-order valence-corrected chi connectivity index (χ3v) is 2.57. The van der Waals surface area contributed by atoms with Crippen molar-refractivity contribution in [1.82, 2.24) is 5.32 Å². The molecule has 0 spiro atoms. The summed E-state index contributed by atoms with van der Waals surface area (Å²) in [5, 5.41) is 3.31. The van der Waals surface area contributed by atoms with Crippen LogP contribution in [0.3, 0.4) is 0 Å². The molecule has 0 saturated heterocycles. The van der Waals surface area contributed by atoms with Gasteiger partial charge in [-0.2, -0.15) is 0 Å². The number of hydrogen-bond donors (Lipinski definition) is 1. The van der Waals surface area contributed by atoms with E-state index in [-0.39, 0.29) is 0 Å². The second kappa shape index (κ2) is 7.07. The molecule has 0 unspecified atom stereocenters. The first-order valence-electron chi connectivity index (χ1n) is 5.79. The van der Waals surface area contributed by atoms with E-state index in [1.54, 1.807) is 7.11 Å². The summed E-state index contributed by atoms with van der Waals surface area (Å²) in [7, 11) is 1.69. The standard InChI is InChI=1S/C14H21NO/c1-4-15-11-5-6-12(2)13-7-9-14(16-3)10-8-13/h6-10,15H,4-5,11H2,1-3H3. The predicted molar refractivity (Wildman–Crippen MR) is 69.8 cm³/mol. The summed E-state index contributed by atoms with van der Waals surface area (Å²) in [5.41, 5.74) is 2.58. The zero-order valence-electron chi connectivity index (χ0n) is 10.4. The van der Waals surface area contributed by atoms with E-state index >= 15 is 0 Å². The number of benzene rings is 1. The van der Waals surface area contributed by atoms with E-state index in [0.717, 1.165) is 25.3 Å². The summed E-state index contributed by atoms with van der Waals surface area (Å²) in [5.74, 6) is 0.907. The van der Waals surface area contributed by atoms with Crippen molar-refractivity contribution in [3.8, 4) is 5.75 Å². The van der Waals surface area contributed by atoms with E-state index in [9.17, 15) is 0 Å². The van der Waals surface area contributed by atoms with Gasteiger partial charge in [-0.1, -0.05) is 25.1 Å². The maximum Gasteiger partial charge on any atom is 0.118 e. The van der Waals surface area contributed by atoms with Gasteiger partial charge in [-0.3, -0.25) is 0 Å². The monoisotopic (exact) mass is 219 g/mol. The minimum absolute atomic E-state index is 0.907. The summed E-state index contributed by atoms with van der Waals surface area (Å²) < 4.78 is 5.13. The Morgan fingerprint density at radius 3 is 2.56 bits per heavy atom. The second-order valence-electron chi connectivity index (χ2n) is 3.76. The lowest BCUT2D eigenvalue weighted by molar-refractivity contribution is 0.415. The van der Waals surface area contributed by atoms with E-state index < -0.39 is 0 Å². The molecule has 2 heteroatoms. The minimum Gasteiger partial charge on any atom is -0.497 e. The lowest BCUT2D eigenvalue weighted by atomic mass is 10.1. The average Bonchev–Trinajstić information content (AvgIpc) is 2.34. The van der Waals surface area contributed by atoms with Gasteiger partial charge in [0, 0.05) is 0 Å². The van der Waals surface area contributed by atoms with Gasteiger partial charge < -0.3 is 10.1 Å². The lowest BCUT2D eigenvalue weighted by Gasteiger charge is -2.04. The molecule has 0 aliphatic heterocycles. The Bertz CT molecular complexity index is 327. The highest BCUT2D eigenvalue weighted by atomic mass is 16.5. The first-order valence-corrected chi connectivity index (χ1v) is 5.79. The van der Waals surface area contributed by atoms with Crippen LogP contribution in [0.1, 0.15) is 25.8 Å². The third kappa shape index (κ3) is 4.07. The predicted octanol–water partition coefficient (Wildman–Crippen LogP) is 3.10. The van der Waals surface area contributed by atoms with Gasteiger partial charge in [0.2, 0.25) is 0 Å². The minimum atomic E-state index is 0.907. The van der Waals surface area contributed by atoms with Crippen LogP contribution in [0, 0.1) is 0 Å². The van der Waals surface area contributed by atoms with Crippen molar-refractivity contribution in [2.45, 2.75) is 20.3 Å². The highest BCUT2D eigenvalue weighted by Crippen LogP contribution is 2.18. The van der Waals surface area contributed by atoms with Gasteiger partial charge in [0.25, 0.3) is 0 Å². The largest absolute Gasteiger partial charge is 0.497 e. The molecule has 1 rings (SSSR count). The van der Waals surface area contributed by atoms with Gasteiger partial charge in [-0.15, -0.1) is 0 Å². The molecule has 0 aromatic heterocycles. The fourth-order valence-corrected chi connectivity index (χ4v) is 1.54. The normalized spacial score (nSPS) is 11.6. The molecule has 0 fully saturated rings. The first-order chi connectivity index (χ1) is 7.77. The van der Waals surface area contributed by atoms with Crippen molar-refractivity contribution in [3.05, 3.63) is 35.9 Å². The Morgan fingerprint density at radius 1 is 1.31 bits per heavy atom. The van der Waals surface area contributed by atoms with Crippen LogP contribution in [0.15, 0.2) is 30.3 Å². The molecule has 0 atom stereocenters. The quantitative estimate of drug-likeness (QED) is 0.742. The average molecular weight is 219 g/mol. The van der Waals surface area contributed by atoms with Gasteiger partial charge >= 0.3 is 0 Å². The molecule has 0 amide bonds. The molecule has 1 aromatic rings. The number of rotatable bonds is 6. The zero-order valence-corrected chi connectivity index (χ0v) is 10.4. The molecule has 0 radical (unpaired) electrons. The molecule has 1 aromatic carbocycles. The van der Waals surface area contributed by atoms with Crippen molar-refractivity contribution in [2.75, 3.05) is 20.2 Å². The highest BCUT2D eigenvalue weighted by molar-refractivity contribution is 5.64. The molecule has 0 bridgehead atoms. The summed E-state index contributed by atoms with van der Waals surface area (Å²) in [4.78, 5) is 0. The Labute approximate surface area is 98.3 Å². The number of nitrogens with one attached hydrogen (secondary N) is 1. The Morgan fingerprint density at radius 2 is 2.00 bits per heavy atom. The number of ether oxygens (including phenoxy) is 1. The summed E-state index contributed by atoms with van der Waals surface area (Å²) >= 11 is 0. The van der Waals surface area contributed by atoms with Gasteiger partial charge in [0.05, 0.1) is 7.11 Å². The molecule has 0 aliphatic rings. The van der Waals surface area contributed by atoms with Crippen LogP contribution in [-0.4, -0.2) is 20.2 Å². The van der Waals surface area contributed by atoms with Crippen molar-refractivity contribution in [3.63, 3.8) is 0 Å². The zero-order chi connectivity index (χ0) is 11.8. The first kappa shape index (κ1) is 12.8. The Balaban J connectivity index is 2.54. The fourth-order valence-electron chi connectivity index (χ4n) is 1.54. The van der Waals surface area contributed by atoms with Crippen LogP contribution in [0.25, 0.3) is 5.57 Å². The lowest BCUT2D eigenvalue weighted by Crippen LogP contribution is -2.13. The highest BCUT2D eigenvalue weighted by Gasteiger charge is 1.95. The van der Waals surface area contributed by atoms with Gasteiger partial charge in [0.15, 0.2) is 0 Å². The summed E-state index contributed by atoms with van der Waals surface area (Å²) in [6.07, 6.45) is 3.34. The number of hydrogen-bond acceptors (Lipinski definition) is 2. The number of methoxy groups -OCH3 is 1. The second-order valence-corrected chi connectivity index (χ2v) is 3.76. The van der Waals surface area contributed by atoms with Crippen molar-refractivity contribution in [2.24, 2.45) is 0 Å². The van der Waals surface area contributed by atoms with E-state index in [0.29, 0.717) is 0 Å². The molecule has 16 heavy (non-hydrogen) atoms. The van der Waals surface area contributed by atoms with Crippen LogP contribution in [0.4, 0.5) is 0 Å². The van der Waals surface area contributed by atoms with Crippen LogP contribution < -0.4 is 10.1 Å². The van der Waals surface area contributed by atoms with Crippen LogP contribution >= 0.6 is 0 Å². The van der Waals surface area contributed by atoms with Crippen molar-refractivity contribution < 1.29 is 4.74 Å². The van der Waals surface area contributed by atoms with Crippen molar-refractivity contribution >= 4 is 5.57 Å². The molecule has 0 aliphatic carbocycles. The maximum absolute atomic E-state index is 5.13. The van der Waals surface area contributed by atoms with Gasteiger partial charge in [-0.25, -0.2) is 0 Å². The maximum atomic E-state index is 5.13. The molecule has 0 heterocycles. The van der Waals surface area contributed by atoms with Crippen molar-refractivity contribution in [1.29, 1.82) is 0 Å². The molecular weight excluding hydrogens is 198 g/mol. The Hall–Kier alpha value is -1.28. The van der Waals surface area contributed by atoms with Gasteiger partial charge in [0.1, 0.15) is 5.75 Å². The summed E-state index contributed by atoms with van der Waals surface area (Å²) in [6, 6.07) is 8.18. The van der Waals surface area contributed by atoms with E-state index in [4.69, 9.17) is 4.74 Å². The summed E-state index contributed by atoms with van der Waals surface area (Å²) in [6.45, 7) is 6.35. The SMILES string of the molecule is CCNCCC=C(C)c1ccc(OC)cc1. The third-order valence-electron chi connectivity index (χ3n) is 2.57. The van der Waals surface area contributed by atoms with E-state index in [1.807, 2.05) is 12.1 Å². The van der Waals surface area contributed by atoms with Crippen LogP contribution in [0.2, 0.25) is 0 Å². The topological polar surface area (TPSA) is 21.3 Å². The molecule has 2 nitrogen and oxygen atoms in total. The van der Waals surface area contributed by atoms with Crippen LogP contribution in [0.5, 0.6) is 5.75 Å².